The maximum absolute atomic E-state index is 13.0. The molecule has 0 amide bonds. The zero-order valence-electron chi connectivity index (χ0n) is 18.4. The summed E-state index contributed by atoms with van der Waals surface area (Å²) in [7, 11) is 0. The van der Waals surface area contributed by atoms with E-state index in [1.54, 1.807) is 24.3 Å². The summed E-state index contributed by atoms with van der Waals surface area (Å²) < 4.78 is 31.5. The van der Waals surface area contributed by atoms with Gasteiger partial charge in [0.25, 0.3) is 12.1 Å². The quantitative estimate of drug-likeness (QED) is 0.462. The molecule has 4 rings (SSSR count). The van der Waals surface area contributed by atoms with Crippen LogP contribution >= 0.6 is 0 Å². The van der Waals surface area contributed by atoms with E-state index in [0.29, 0.717) is 24.8 Å². The number of hydrogen-bond donors (Lipinski definition) is 2. The molecule has 2 heterocycles. The van der Waals surface area contributed by atoms with E-state index in [4.69, 9.17) is 4.74 Å². The van der Waals surface area contributed by atoms with Crippen LogP contribution < -0.4 is 0 Å². The number of aliphatic hydroxyl groups is 2. The first kappa shape index (κ1) is 23.5. The molecule has 0 saturated carbocycles. The molecule has 7 nitrogen and oxygen atoms in total. The molecule has 2 aliphatic rings. The average molecular weight is 459 g/mol. The summed E-state index contributed by atoms with van der Waals surface area (Å²) in [5, 5.41) is 35.3. The van der Waals surface area contributed by atoms with Gasteiger partial charge in [0.2, 0.25) is 5.66 Å². The van der Waals surface area contributed by atoms with Gasteiger partial charge in [-0.15, -0.1) is 10.2 Å². The molecule has 2 unspecified atom stereocenters. The SMILES string of the molecule is CC1(c2ccc(CCC(O)COCC(O)CCc3ccc(C4(C(F)F)N=N4)cc3)cc2)N=N1. The lowest BCUT2D eigenvalue weighted by Gasteiger charge is -2.15. The van der Waals surface area contributed by atoms with Crippen molar-refractivity contribution in [1.82, 2.24) is 0 Å². The van der Waals surface area contributed by atoms with E-state index in [0.717, 1.165) is 23.1 Å². The van der Waals surface area contributed by atoms with Crippen LogP contribution in [0.1, 0.15) is 42.0 Å². The van der Waals surface area contributed by atoms with Gasteiger partial charge in [-0.05, 0) is 43.7 Å². The first-order chi connectivity index (χ1) is 15.8. The van der Waals surface area contributed by atoms with Crippen LogP contribution in [0, 0.1) is 0 Å². The van der Waals surface area contributed by atoms with Gasteiger partial charge in [0, 0.05) is 11.1 Å². The summed E-state index contributed by atoms with van der Waals surface area (Å²) in [6.07, 6.45) is -1.61. The predicted octanol–water partition coefficient (Wildman–Crippen LogP) is 4.51. The smallest absolute Gasteiger partial charge is 0.291 e. The molecule has 0 radical (unpaired) electrons. The monoisotopic (exact) mass is 458 g/mol. The topological polar surface area (TPSA) is 99.1 Å². The lowest BCUT2D eigenvalue weighted by molar-refractivity contribution is -0.0114. The van der Waals surface area contributed by atoms with Crippen molar-refractivity contribution in [2.24, 2.45) is 20.5 Å². The van der Waals surface area contributed by atoms with E-state index in [9.17, 15) is 19.0 Å². The Labute approximate surface area is 191 Å². The summed E-state index contributed by atoms with van der Waals surface area (Å²) in [6.45, 7) is 2.24. The van der Waals surface area contributed by atoms with Gasteiger partial charge in [0.05, 0.1) is 25.4 Å². The normalized spacial score (nSPS) is 19.0. The minimum absolute atomic E-state index is 0.127. The van der Waals surface area contributed by atoms with Crippen LogP contribution in [0.2, 0.25) is 0 Å². The molecule has 2 N–H and O–H groups in total. The zero-order valence-corrected chi connectivity index (χ0v) is 18.4. The highest BCUT2D eigenvalue weighted by molar-refractivity contribution is 5.32. The molecular formula is C24H28F2N4O3. The molecule has 2 aromatic carbocycles. The Hall–Kier alpha value is -2.62. The fourth-order valence-electron chi connectivity index (χ4n) is 3.65. The number of nitrogens with zero attached hydrogens (tertiary/aromatic N) is 4. The number of hydrogen-bond acceptors (Lipinski definition) is 7. The third-order valence-corrected chi connectivity index (χ3v) is 6.05. The van der Waals surface area contributed by atoms with E-state index < -0.39 is 24.3 Å². The fourth-order valence-corrected chi connectivity index (χ4v) is 3.65. The van der Waals surface area contributed by atoms with Gasteiger partial charge in [0.15, 0.2) is 0 Å². The molecule has 0 saturated heterocycles. The minimum Gasteiger partial charge on any atom is -0.391 e. The largest absolute Gasteiger partial charge is 0.391 e. The third kappa shape index (κ3) is 5.85. The van der Waals surface area contributed by atoms with E-state index in [1.165, 1.54) is 0 Å². The Morgan fingerprint density at radius 1 is 0.758 bits per heavy atom. The minimum atomic E-state index is -2.65. The van der Waals surface area contributed by atoms with Crippen LogP contribution in [0.25, 0.3) is 0 Å². The molecule has 33 heavy (non-hydrogen) atoms. The molecule has 0 aromatic heterocycles. The van der Waals surface area contributed by atoms with Gasteiger partial charge >= 0.3 is 0 Å². The molecule has 9 heteroatoms. The van der Waals surface area contributed by atoms with Crippen LogP contribution in [-0.2, 0) is 28.9 Å². The maximum Gasteiger partial charge on any atom is 0.291 e. The van der Waals surface area contributed by atoms with Crippen LogP contribution in [0.4, 0.5) is 8.78 Å². The van der Waals surface area contributed by atoms with Crippen molar-refractivity contribution in [3.05, 3.63) is 70.8 Å². The zero-order chi connectivity index (χ0) is 23.5. The number of alkyl halides is 2. The number of halogens is 2. The molecule has 176 valence electrons. The van der Waals surface area contributed by atoms with Crippen LogP contribution in [0.15, 0.2) is 69.0 Å². The molecule has 0 spiro atoms. The van der Waals surface area contributed by atoms with Crippen molar-refractivity contribution in [3.63, 3.8) is 0 Å². The van der Waals surface area contributed by atoms with Gasteiger partial charge in [-0.3, -0.25) is 0 Å². The van der Waals surface area contributed by atoms with Crippen molar-refractivity contribution in [2.45, 2.75) is 62.6 Å². The lowest BCUT2D eigenvalue weighted by atomic mass is 10.00. The molecule has 2 aromatic rings. The number of rotatable bonds is 13. The summed E-state index contributed by atoms with van der Waals surface area (Å²) in [6, 6.07) is 14.8. The third-order valence-electron chi connectivity index (χ3n) is 6.05. The van der Waals surface area contributed by atoms with E-state index in [1.807, 2.05) is 31.2 Å². The van der Waals surface area contributed by atoms with Crippen molar-refractivity contribution in [3.8, 4) is 0 Å². The lowest BCUT2D eigenvalue weighted by Crippen LogP contribution is -2.22. The Bertz CT molecular complexity index is 984. The second-order valence-electron chi connectivity index (χ2n) is 8.76. The first-order valence-corrected chi connectivity index (χ1v) is 11.1. The number of benzene rings is 2. The van der Waals surface area contributed by atoms with E-state index >= 15 is 0 Å². The highest BCUT2D eigenvalue weighted by Gasteiger charge is 2.51. The average Bonchev–Trinajstić information content (AvgIpc) is 3.74. The second kappa shape index (κ2) is 9.70. The summed E-state index contributed by atoms with van der Waals surface area (Å²) in [5.74, 6) is 0. The molecule has 2 atom stereocenters. The van der Waals surface area contributed by atoms with Gasteiger partial charge in [-0.1, -0.05) is 48.5 Å². The number of ether oxygens (including phenoxy) is 1. The Morgan fingerprint density at radius 2 is 1.21 bits per heavy atom. The van der Waals surface area contributed by atoms with E-state index in [2.05, 4.69) is 20.5 Å². The molecule has 0 fully saturated rings. The summed E-state index contributed by atoms with van der Waals surface area (Å²) >= 11 is 0. The van der Waals surface area contributed by atoms with Crippen LogP contribution in [0.5, 0.6) is 0 Å². The predicted molar refractivity (Wildman–Crippen MR) is 117 cm³/mol. The Balaban J connectivity index is 1.10. The second-order valence-corrected chi connectivity index (χ2v) is 8.76. The van der Waals surface area contributed by atoms with Crippen molar-refractivity contribution in [2.75, 3.05) is 13.2 Å². The molecular weight excluding hydrogens is 430 g/mol. The van der Waals surface area contributed by atoms with Gasteiger partial charge in [-0.25, -0.2) is 8.78 Å². The molecule has 2 aliphatic heterocycles. The Kier molecular flexibility index (Phi) is 6.92. The maximum atomic E-state index is 13.0. The first-order valence-electron chi connectivity index (χ1n) is 11.1. The number of aryl methyl sites for hydroxylation is 2. The van der Waals surface area contributed by atoms with Gasteiger partial charge in [0.1, 0.15) is 0 Å². The van der Waals surface area contributed by atoms with Crippen molar-refractivity contribution >= 4 is 0 Å². The van der Waals surface area contributed by atoms with Gasteiger partial charge < -0.3 is 14.9 Å². The van der Waals surface area contributed by atoms with Crippen molar-refractivity contribution in [1.29, 1.82) is 0 Å². The standard InChI is InChI=1S/C24H28F2N4O3/c1-23(27-28-23)18-8-2-16(3-9-18)6-12-20(31)14-33-15-21(32)13-7-17-4-10-19(11-5-17)24(22(25)26)29-30-24/h2-5,8-11,20-22,31-32H,6-7,12-15H2,1H3. The fraction of sp³-hybridized carbons (Fsp3) is 0.500. The van der Waals surface area contributed by atoms with Gasteiger partial charge in [-0.2, -0.15) is 10.2 Å². The molecule has 0 bridgehead atoms. The number of aliphatic hydroxyl groups excluding tert-OH is 2. The summed E-state index contributed by atoms with van der Waals surface area (Å²) in [5.41, 5.74) is 1.42. The highest BCUT2D eigenvalue weighted by Crippen LogP contribution is 2.44. The summed E-state index contributed by atoms with van der Waals surface area (Å²) in [4.78, 5) is 0. The van der Waals surface area contributed by atoms with Crippen LogP contribution in [0.3, 0.4) is 0 Å². The van der Waals surface area contributed by atoms with E-state index in [-0.39, 0.29) is 18.9 Å². The van der Waals surface area contributed by atoms with Crippen LogP contribution in [-0.4, -0.2) is 42.1 Å². The highest BCUT2D eigenvalue weighted by atomic mass is 19.3. The molecule has 0 aliphatic carbocycles. The Morgan fingerprint density at radius 3 is 1.61 bits per heavy atom. The van der Waals surface area contributed by atoms with Crippen molar-refractivity contribution < 1.29 is 23.7 Å².